The lowest BCUT2D eigenvalue weighted by molar-refractivity contribution is 0.0458. The number of benzene rings is 1. The fourth-order valence-corrected chi connectivity index (χ4v) is 2.99. The fourth-order valence-electron chi connectivity index (χ4n) is 2.64. The van der Waals surface area contributed by atoms with E-state index in [1.54, 1.807) is 0 Å². The van der Waals surface area contributed by atoms with Crippen molar-refractivity contribution in [2.75, 3.05) is 24.6 Å². The first-order valence-corrected chi connectivity index (χ1v) is 7.75. The summed E-state index contributed by atoms with van der Waals surface area (Å²) in [6, 6.07) is 6.08. The molecule has 1 heterocycles. The maximum absolute atomic E-state index is 9.90. The van der Waals surface area contributed by atoms with E-state index in [4.69, 9.17) is 4.74 Å². The van der Waals surface area contributed by atoms with E-state index in [1.165, 1.54) is 0 Å². The lowest BCUT2D eigenvalue weighted by Crippen LogP contribution is -2.37. The van der Waals surface area contributed by atoms with Gasteiger partial charge >= 0.3 is 0 Å². The van der Waals surface area contributed by atoms with Gasteiger partial charge in [-0.25, -0.2) is 0 Å². The molecule has 19 heavy (non-hydrogen) atoms. The molecule has 0 saturated carbocycles. The molecule has 3 nitrogen and oxygen atoms in total. The Labute approximate surface area is 123 Å². The summed E-state index contributed by atoms with van der Waals surface area (Å²) in [7, 11) is 0. The van der Waals surface area contributed by atoms with Gasteiger partial charge in [-0.2, -0.15) is 0 Å². The van der Waals surface area contributed by atoms with Crippen LogP contribution < -0.4 is 4.90 Å². The minimum Gasteiger partial charge on any atom is -0.389 e. The SMILES string of the molecule is CCOC1CCN(c2cc(Br)ccc2C(C)O)CC1. The van der Waals surface area contributed by atoms with E-state index in [9.17, 15) is 5.11 Å². The molecule has 1 unspecified atom stereocenters. The summed E-state index contributed by atoms with van der Waals surface area (Å²) in [4.78, 5) is 2.35. The first-order chi connectivity index (χ1) is 9.11. The van der Waals surface area contributed by atoms with Crippen LogP contribution in [0.1, 0.15) is 38.4 Å². The molecule has 1 aliphatic heterocycles. The van der Waals surface area contributed by atoms with Crippen molar-refractivity contribution in [2.45, 2.75) is 38.9 Å². The summed E-state index contributed by atoms with van der Waals surface area (Å²) in [6.45, 7) is 6.63. The van der Waals surface area contributed by atoms with Crippen LogP contribution in [0, 0.1) is 0 Å². The van der Waals surface area contributed by atoms with Gasteiger partial charge in [0.05, 0.1) is 12.2 Å². The zero-order valence-corrected chi connectivity index (χ0v) is 13.2. The first-order valence-electron chi connectivity index (χ1n) is 6.96. The Hall–Kier alpha value is -0.580. The van der Waals surface area contributed by atoms with Crippen LogP contribution in [0.3, 0.4) is 0 Å². The molecule has 0 spiro atoms. The lowest BCUT2D eigenvalue weighted by atomic mass is 10.0. The van der Waals surface area contributed by atoms with Crippen molar-refractivity contribution in [2.24, 2.45) is 0 Å². The van der Waals surface area contributed by atoms with Gasteiger partial charge in [0, 0.05) is 35.4 Å². The number of hydrogen-bond acceptors (Lipinski definition) is 3. The lowest BCUT2D eigenvalue weighted by Gasteiger charge is -2.35. The predicted molar refractivity (Wildman–Crippen MR) is 81.6 cm³/mol. The standard InChI is InChI=1S/C15H22BrNO2/c1-3-19-13-6-8-17(9-7-13)15-10-12(16)4-5-14(15)11(2)18/h4-5,10-11,13,18H,3,6-9H2,1-2H3. The maximum Gasteiger partial charge on any atom is 0.0782 e. The van der Waals surface area contributed by atoms with Gasteiger partial charge in [0.1, 0.15) is 0 Å². The van der Waals surface area contributed by atoms with Gasteiger partial charge in [-0.1, -0.05) is 22.0 Å². The number of piperidine rings is 1. The Morgan fingerprint density at radius 3 is 2.68 bits per heavy atom. The minimum atomic E-state index is -0.437. The Balaban J connectivity index is 2.12. The third-order valence-corrected chi connectivity index (χ3v) is 4.12. The zero-order chi connectivity index (χ0) is 13.8. The van der Waals surface area contributed by atoms with Crippen LogP contribution in [-0.4, -0.2) is 30.9 Å². The Morgan fingerprint density at radius 1 is 1.42 bits per heavy atom. The molecule has 1 fully saturated rings. The molecule has 1 aliphatic rings. The van der Waals surface area contributed by atoms with Gasteiger partial charge in [0.15, 0.2) is 0 Å². The van der Waals surface area contributed by atoms with Gasteiger partial charge in [-0.15, -0.1) is 0 Å². The zero-order valence-electron chi connectivity index (χ0n) is 11.6. The molecule has 0 aliphatic carbocycles. The van der Waals surface area contributed by atoms with Crippen molar-refractivity contribution >= 4 is 21.6 Å². The van der Waals surface area contributed by atoms with Gasteiger partial charge in [0.25, 0.3) is 0 Å². The summed E-state index contributed by atoms with van der Waals surface area (Å²) in [5.41, 5.74) is 2.14. The molecule has 0 bridgehead atoms. The fraction of sp³-hybridized carbons (Fsp3) is 0.600. The molecule has 1 aromatic rings. The molecule has 4 heteroatoms. The number of rotatable bonds is 4. The van der Waals surface area contributed by atoms with Crippen molar-refractivity contribution in [3.8, 4) is 0 Å². The third kappa shape index (κ3) is 3.71. The molecular formula is C15H22BrNO2. The van der Waals surface area contributed by atoms with Crippen LogP contribution in [0.2, 0.25) is 0 Å². The van der Waals surface area contributed by atoms with Crippen LogP contribution in [0.5, 0.6) is 0 Å². The van der Waals surface area contributed by atoms with Crippen LogP contribution >= 0.6 is 15.9 Å². The average molecular weight is 328 g/mol. The summed E-state index contributed by atoms with van der Waals surface area (Å²) >= 11 is 3.52. The van der Waals surface area contributed by atoms with Crippen molar-refractivity contribution in [1.29, 1.82) is 0 Å². The average Bonchev–Trinajstić information content (AvgIpc) is 2.39. The number of hydrogen-bond donors (Lipinski definition) is 1. The minimum absolute atomic E-state index is 0.392. The smallest absolute Gasteiger partial charge is 0.0782 e. The Kier molecular flexibility index (Phi) is 5.25. The number of halogens is 1. The summed E-state index contributed by atoms with van der Waals surface area (Å²) < 4.78 is 6.74. The van der Waals surface area contributed by atoms with Gasteiger partial charge in [-0.05, 0) is 38.8 Å². The van der Waals surface area contributed by atoms with E-state index in [0.717, 1.165) is 48.3 Å². The highest BCUT2D eigenvalue weighted by Crippen LogP contribution is 2.31. The van der Waals surface area contributed by atoms with E-state index < -0.39 is 6.10 Å². The molecule has 1 saturated heterocycles. The first kappa shape index (κ1) is 14.8. The Bertz CT molecular complexity index is 415. The Morgan fingerprint density at radius 2 is 2.11 bits per heavy atom. The van der Waals surface area contributed by atoms with Gasteiger partial charge in [0.2, 0.25) is 0 Å². The van der Waals surface area contributed by atoms with Crippen molar-refractivity contribution in [3.05, 3.63) is 28.2 Å². The van der Waals surface area contributed by atoms with Crippen molar-refractivity contribution in [3.63, 3.8) is 0 Å². The number of aliphatic hydroxyl groups excluding tert-OH is 1. The summed E-state index contributed by atoms with van der Waals surface area (Å²) in [5.74, 6) is 0. The summed E-state index contributed by atoms with van der Waals surface area (Å²) in [5, 5.41) is 9.90. The molecule has 0 radical (unpaired) electrons. The highest BCUT2D eigenvalue weighted by Gasteiger charge is 2.22. The molecule has 0 amide bonds. The van der Waals surface area contributed by atoms with Crippen LogP contribution in [0.25, 0.3) is 0 Å². The second-order valence-electron chi connectivity index (χ2n) is 5.02. The van der Waals surface area contributed by atoms with E-state index >= 15 is 0 Å². The normalized spacial score (nSPS) is 18.6. The monoisotopic (exact) mass is 327 g/mol. The molecule has 2 rings (SSSR count). The highest BCUT2D eigenvalue weighted by molar-refractivity contribution is 9.10. The highest BCUT2D eigenvalue weighted by atomic mass is 79.9. The predicted octanol–water partition coefficient (Wildman–Crippen LogP) is 3.51. The second kappa shape index (κ2) is 6.73. The van der Waals surface area contributed by atoms with E-state index in [2.05, 4.69) is 26.9 Å². The molecule has 1 N–H and O–H groups in total. The number of aliphatic hydroxyl groups is 1. The molecular weight excluding hydrogens is 306 g/mol. The van der Waals surface area contributed by atoms with Crippen LogP contribution in [-0.2, 0) is 4.74 Å². The number of ether oxygens (including phenoxy) is 1. The molecule has 0 aromatic heterocycles. The maximum atomic E-state index is 9.90. The molecule has 1 aromatic carbocycles. The van der Waals surface area contributed by atoms with E-state index in [1.807, 2.05) is 26.0 Å². The topological polar surface area (TPSA) is 32.7 Å². The van der Waals surface area contributed by atoms with Gasteiger partial charge in [-0.3, -0.25) is 0 Å². The van der Waals surface area contributed by atoms with E-state index in [0.29, 0.717) is 6.10 Å². The number of anilines is 1. The second-order valence-corrected chi connectivity index (χ2v) is 5.94. The van der Waals surface area contributed by atoms with Gasteiger partial charge < -0.3 is 14.7 Å². The van der Waals surface area contributed by atoms with Crippen molar-refractivity contribution in [1.82, 2.24) is 0 Å². The summed E-state index contributed by atoms with van der Waals surface area (Å²) in [6.07, 6.45) is 2.07. The van der Waals surface area contributed by atoms with Crippen LogP contribution in [0.4, 0.5) is 5.69 Å². The molecule has 1 atom stereocenters. The quantitative estimate of drug-likeness (QED) is 0.918. The molecule has 106 valence electrons. The third-order valence-electron chi connectivity index (χ3n) is 3.63. The van der Waals surface area contributed by atoms with Crippen LogP contribution in [0.15, 0.2) is 22.7 Å². The van der Waals surface area contributed by atoms with E-state index in [-0.39, 0.29) is 0 Å². The van der Waals surface area contributed by atoms with Crippen molar-refractivity contribution < 1.29 is 9.84 Å². The number of nitrogens with zero attached hydrogens (tertiary/aromatic N) is 1. The largest absolute Gasteiger partial charge is 0.389 e.